The van der Waals surface area contributed by atoms with Gasteiger partial charge in [0.1, 0.15) is 23.4 Å². The number of halogens is 2. The topological polar surface area (TPSA) is 92.1 Å². The minimum atomic E-state index is -1.10. The molecule has 9 nitrogen and oxygen atoms in total. The highest BCUT2D eigenvalue weighted by atomic mass is 32.2. The Labute approximate surface area is 223 Å². The Morgan fingerprint density at radius 3 is 2.63 bits per heavy atom. The van der Waals surface area contributed by atoms with Crippen molar-refractivity contribution in [1.82, 2.24) is 24.8 Å². The first-order valence-electron chi connectivity index (χ1n) is 12.4. The Morgan fingerprint density at radius 1 is 1.16 bits per heavy atom. The number of nitrogens with zero attached hydrogens (tertiary/aromatic N) is 5. The number of ether oxygens (including phenoxy) is 1. The Kier molecular flexibility index (Phi) is 6.93. The van der Waals surface area contributed by atoms with Crippen LogP contribution in [0.25, 0.3) is 5.65 Å². The maximum absolute atomic E-state index is 14.6. The van der Waals surface area contributed by atoms with Gasteiger partial charge < -0.3 is 19.9 Å². The van der Waals surface area contributed by atoms with E-state index in [1.54, 1.807) is 37.8 Å². The molecule has 0 aliphatic carbocycles. The first-order valence-corrected chi connectivity index (χ1v) is 13.6. The van der Waals surface area contributed by atoms with Crippen molar-refractivity contribution in [2.24, 2.45) is 0 Å². The average molecular weight is 545 g/mol. The lowest BCUT2D eigenvalue weighted by atomic mass is 10.0. The third kappa shape index (κ3) is 5.40. The molecule has 0 spiro atoms. The highest BCUT2D eigenvalue weighted by Crippen LogP contribution is 2.38. The Morgan fingerprint density at radius 2 is 1.92 bits per heavy atom. The van der Waals surface area contributed by atoms with E-state index in [1.165, 1.54) is 39.5 Å². The molecule has 1 aromatic carbocycles. The van der Waals surface area contributed by atoms with E-state index < -0.39 is 23.9 Å². The molecule has 2 amide bonds. The number of benzene rings is 1. The largest absolute Gasteiger partial charge is 0.444 e. The molecule has 0 unspecified atom stereocenters. The highest BCUT2D eigenvalue weighted by Gasteiger charge is 2.36. The number of thioether (sulfide) groups is 1. The summed E-state index contributed by atoms with van der Waals surface area (Å²) in [4.78, 5) is 33.6. The standard InChI is InChI=1S/C26H30F2N6O3S/c1-26(2,3)37-25(36)32-13-18(14-32)30-24(35)21-11-29-22-5-6-23(31-34(21)22)33-12-17(28)10-20(33)15-7-16(27)9-19(8-15)38-4/h5-9,11,17-18,20H,10,12-14H2,1-4H3,(H,30,35)/t17-,20+/m0/s1. The van der Waals surface area contributed by atoms with Crippen molar-refractivity contribution in [1.29, 1.82) is 0 Å². The fourth-order valence-corrected chi connectivity index (χ4v) is 5.21. The van der Waals surface area contributed by atoms with Crippen molar-refractivity contribution < 1.29 is 23.1 Å². The number of likely N-dealkylation sites (tertiary alicyclic amines) is 1. The second-order valence-electron chi connectivity index (χ2n) is 10.6. The number of amides is 2. The van der Waals surface area contributed by atoms with E-state index >= 15 is 0 Å². The molecule has 0 radical (unpaired) electrons. The van der Waals surface area contributed by atoms with Crippen molar-refractivity contribution in [3.63, 3.8) is 0 Å². The summed E-state index contributed by atoms with van der Waals surface area (Å²) in [7, 11) is 0. The van der Waals surface area contributed by atoms with Crippen molar-refractivity contribution in [3.05, 3.63) is 53.6 Å². The number of anilines is 1. The van der Waals surface area contributed by atoms with Crippen LogP contribution < -0.4 is 10.2 Å². The first kappa shape index (κ1) is 26.2. The normalized spacial score (nSPS) is 20.1. The zero-order valence-corrected chi connectivity index (χ0v) is 22.5. The van der Waals surface area contributed by atoms with Crippen LogP contribution in [0.5, 0.6) is 0 Å². The van der Waals surface area contributed by atoms with Gasteiger partial charge in [-0.3, -0.25) is 4.79 Å². The van der Waals surface area contributed by atoms with Gasteiger partial charge in [-0.25, -0.2) is 23.1 Å². The van der Waals surface area contributed by atoms with Crippen molar-refractivity contribution in [3.8, 4) is 0 Å². The molecule has 2 fully saturated rings. The molecular weight excluding hydrogens is 514 g/mol. The zero-order chi connectivity index (χ0) is 27.2. The molecule has 38 heavy (non-hydrogen) atoms. The smallest absolute Gasteiger partial charge is 0.410 e. The molecule has 4 heterocycles. The summed E-state index contributed by atoms with van der Waals surface area (Å²) in [6, 6.07) is 7.59. The molecule has 2 aromatic heterocycles. The molecule has 2 aliphatic rings. The van der Waals surface area contributed by atoms with Crippen molar-refractivity contribution >= 4 is 35.2 Å². The molecule has 202 valence electrons. The van der Waals surface area contributed by atoms with E-state index in [4.69, 9.17) is 4.74 Å². The first-order chi connectivity index (χ1) is 18.0. The van der Waals surface area contributed by atoms with Gasteiger partial charge in [0.2, 0.25) is 0 Å². The van der Waals surface area contributed by atoms with E-state index in [1.807, 2.05) is 12.3 Å². The van der Waals surface area contributed by atoms with Gasteiger partial charge in [-0.15, -0.1) is 16.9 Å². The summed E-state index contributed by atoms with van der Waals surface area (Å²) in [6.07, 6.45) is 1.99. The molecule has 3 aromatic rings. The lowest BCUT2D eigenvalue weighted by Gasteiger charge is -2.39. The third-order valence-corrected chi connectivity index (χ3v) is 7.21. The molecular formula is C26H30F2N6O3S. The number of rotatable bonds is 5. The fourth-order valence-electron chi connectivity index (χ4n) is 4.72. The summed E-state index contributed by atoms with van der Waals surface area (Å²) < 4.78 is 35.7. The van der Waals surface area contributed by atoms with Crippen LogP contribution in [0.2, 0.25) is 0 Å². The number of alkyl halides is 1. The van der Waals surface area contributed by atoms with Gasteiger partial charge in [0.15, 0.2) is 11.3 Å². The maximum atomic E-state index is 14.6. The second kappa shape index (κ2) is 10.0. The van der Waals surface area contributed by atoms with Gasteiger partial charge in [-0.2, -0.15) is 0 Å². The van der Waals surface area contributed by atoms with Gasteiger partial charge in [0.05, 0.1) is 24.8 Å². The molecule has 5 rings (SSSR count). The number of fused-ring (bicyclic) bond motifs is 1. The summed E-state index contributed by atoms with van der Waals surface area (Å²) in [6.45, 7) is 6.19. The van der Waals surface area contributed by atoms with E-state index in [-0.39, 0.29) is 36.4 Å². The van der Waals surface area contributed by atoms with Crippen molar-refractivity contribution in [2.45, 2.75) is 55.9 Å². The molecule has 0 bridgehead atoms. The lowest BCUT2D eigenvalue weighted by molar-refractivity contribution is 0.00529. The van der Waals surface area contributed by atoms with Gasteiger partial charge in [-0.1, -0.05) is 0 Å². The Bertz CT molecular complexity index is 1370. The summed E-state index contributed by atoms with van der Waals surface area (Å²) >= 11 is 1.42. The van der Waals surface area contributed by atoms with Gasteiger partial charge in [0.25, 0.3) is 5.91 Å². The number of hydrogen-bond donors (Lipinski definition) is 1. The SMILES string of the molecule is CSc1cc(F)cc([C@H]2C[C@H](F)CN2c2ccc3ncc(C(=O)NC4CN(C(=O)OC(C)(C)C)C4)n3n2)c1. The van der Waals surface area contributed by atoms with Gasteiger partial charge in [0, 0.05) is 24.4 Å². The Hall–Kier alpha value is -3.41. The Balaban J connectivity index is 1.33. The van der Waals surface area contributed by atoms with Gasteiger partial charge in [-0.05, 0) is 62.9 Å². The third-order valence-electron chi connectivity index (χ3n) is 6.51. The molecule has 2 saturated heterocycles. The number of hydrogen-bond acceptors (Lipinski definition) is 7. The number of nitrogens with one attached hydrogen (secondary N) is 1. The van der Waals surface area contributed by atoms with Crippen LogP contribution >= 0.6 is 11.8 Å². The molecule has 0 saturated carbocycles. The molecule has 12 heteroatoms. The highest BCUT2D eigenvalue weighted by molar-refractivity contribution is 7.98. The van der Waals surface area contributed by atoms with Crippen LogP contribution in [0.3, 0.4) is 0 Å². The average Bonchev–Trinajstić information content (AvgIpc) is 3.42. The quantitative estimate of drug-likeness (QED) is 0.481. The van der Waals surface area contributed by atoms with Crippen LogP contribution in [0, 0.1) is 5.82 Å². The van der Waals surface area contributed by atoms with Crippen molar-refractivity contribution in [2.75, 3.05) is 30.8 Å². The summed E-state index contributed by atoms with van der Waals surface area (Å²) in [5.41, 5.74) is 0.777. The fraction of sp³-hybridized carbons (Fsp3) is 0.462. The van der Waals surface area contributed by atoms with E-state index in [0.717, 1.165) is 4.90 Å². The van der Waals surface area contributed by atoms with Crippen LogP contribution in [0.4, 0.5) is 19.4 Å². The number of imidazole rings is 1. The second-order valence-corrected chi connectivity index (χ2v) is 11.5. The molecule has 2 atom stereocenters. The van der Waals surface area contributed by atoms with E-state index in [2.05, 4.69) is 15.4 Å². The molecule has 2 aliphatic heterocycles. The van der Waals surface area contributed by atoms with Crippen LogP contribution in [0.15, 0.2) is 41.4 Å². The minimum absolute atomic E-state index is 0.104. The predicted molar refractivity (Wildman–Crippen MR) is 140 cm³/mol. The number of aromatic nitrogens is 3. The maximum Gasteiger partial charge on any atom is 0.410 e. The van der Waals surface area contributed by atoms with E-state index in [9.17, 15) is 18.4 Å². The van der Waals surface area contributed by atoms with E-state index in [0.29, 0.717) is 30.1 Å². The summed E-state index contributed by atoms with van der Waals surface area (Å²) in [5.74, 6) is -0.288. The molecule has 1 N–H and O–H groups in total. The minimum Gasteiger partial charge on any atom is -0.444 e. The summed E-state index contributed by atoms with van der Waals surface area (Å²) in [5, 5.41) is 7.52. The monoisotopic (exact) mass is 544 g/mol. The number of carbonyl (C=O) groups excluding carboxylic acids is 2. The van der Waals surface area contributed by atoms with Crippen LogP contribution in [0.1, 0.15) is 49.3 Å². The lowest BCUT2D eigenvalue weighted by Crippen LogP contribution is -2.61. The van der Waals surface area contributed by atoms with Crippen LogP contribution in [-0.2, 0) is 4.74 Å². The van der Waals surface area contributed by atoms with Crippen LogP contribution in [-0.4, -0.2) is 75.2 Å². The zero-order valence-electron chi connectivity index (χ0n) is 21.6. The van der Waals surface area contributed by atoms with Gasteiger partial charge >= 0.3 is 6.09 Å². The predicted octanol–water partition coefficient (Wildman–Crippen LogP) is 4.23. The number of carbonyl (C=O) groups is 2.